The fraction of sp³-hybridized carbons (Fsp3) is 0.265. The van der Waals surface area contributed by atoms with Gasteiger partial charge in [0, 0.05) is 32.4 Å². The number of rotatable bonds is 3. The maximum atomic E-state index is 5.95. The highest BCUT2D eigenvalue weighted by Gasteiger charge is 2.44. The van der Waals surface area contributed by atoms with Crippen LogP contribution in [0.1, 0.15) is 155 Å². The Balaban J connectivity index is 1.03. The Morgan fingerprint density at radius 1 is 0.281 bits per heavy atom. The van der Waals surface area contributed by atoms with Gasteiger partial charge < -0.3 is 0 Å². The van der Waals surface area contributed by atoms with Crippen LogP contribution in [0.5, 0.6) is 0 Å². The van der Waals surface area contributed by atoms with Gasteiger partial charge in [-0.2, -0.15) is 15.0 Å². The summed E-state index contributed by atoms with van der Waals surface area (Å²) in [5.74, 6) is 1.66. The van der Waals surface area contributed by atoms with E-state index in [0.29, 0.717) is 17.8 Å². The Hall–Kier alpha value is -9.13. The first-order chi connectivity index (χ1) is 42.1. The molecule has 14 aromatic rings. The smallest absolute Gasteiger partial charge is 0.241 e. The Bertz CT molecular complexity index is 5110. The monoisotopic (exact) mass is 1160 g/mol. The first-order valence-corrected chi connectivity index (χ1v) is 32.0. The zero-order chi connectivity index (χ0) is 62.0. The Labute approximate surface area is 522 Å². The van der Waals surface area contributed by atoms with E-state index in [4.69, 9.17) is 15.0 Å². The Morgan fingerprint density at radius 3 is 1.03 bits per heavy atom. The van der Waals surface area contributed by atoms with E-state index in [1.807, 2.05) is 0 Å². The fourth-order valence-electron chi connectivity index (χ4n) is 15.2. The molecule has 0 amide bonds. The van der Waals surface area contributed by atoms with Crippen LogP contribution in [0.3, 0.4) is 0 Å². The molecule has 6 nitrogen and oxygen atoms in total. The van der Waals surface area contributed by atoms with Gasteiger partial charge in [0.25, 0.3) is 0 Å². The lowest BCUT2D eigenvalue weighted by Gasteiger charge is -2.42. The summed E-state index contributed by atoms with van der Waals surface area (Å²) in [6, 6.07) is 69.7. The molecule has 1 aliphatic carbocycles. The summed E-state index contributed by atoms with van der Waals surface area (Å²) in [6.45, 7) is 37.3. The zero-order valence-corrected chi connectivity index (χ0v) is 54.5. The molecule has 16 rings (SSSR count). The Kier molecular flexibility index (Phi) is 11.3. The maximum Gasteiger partial charge on any atom is 0.241 e. The second-order valence-electron chi connectivity index (χ2n) is 31.1. The molecule has 0 bridgehead atoms. The van der Waals surface area contributed by atoms with Gasteiger partial charge in [0.1, 0.15) is 0 Å². The first-order valence-electron chi connectivity index (χ1n) is 32.0. The minimum atomic E-state index is -0.448. The van der Waals surface area contributed by atoms with E-state index in [0.717, 1.165) is 38.8 Å². The Morgan fingerprint density at radius 2 is 0.607 bits per heavy atom. The third kappa shape index (κ3) is 8.10. The van der Waals surface area contributed by atoms with Gasteiger partial charge in [-0.15, -0.1) is 0 Å². The number of benzene rings is 11. The van der Waals surface area contributed by atoms with Crippen molar-refractivity contribution in [3.05, 3.63) is 226 Å². The highest BCUT2D eigenvalue weighted by Crippen LogP contribution is 2.59. The summed E-state index contributed by atoms with van der Waals surface area (Å²) in [6.07, 6.45) is 0. The molecular formula is C83H78N6. The summed E-state index contributed by atoms with van der Waals surface area (Å²) in [7, 11) is 0. The lowest BCUT2D eigenvalue weighted by atomic mass is 9.71. The molecule has 0 saturated heterocycles. The number of fused-ring (bicyclic) bond motifs is 18. The molecule has 1 aliphatic heterocycles. The second kappa shape index (κ2) is 18.3. The SMILES string of the molecule is CC(C)(C)c1ccc2c(c1)c1cc(C(C)(C)C)ccc1n2-c1nc(N2c3cc4c(cc3C(C)(C)c3cc5ccccc5cc32)-c2cc3c5ccccc5c5ccccc5c3cc2C4(C)C)nc(-n2c3ccc(C(C)(C)C)cc3c3cc(C(C)(C)C)ccc32)n1. The van der Waals surface area contributed by atoms with Gasteiger partial charge in [0.15, 0.2) is 0 Å². The van der Waals surface area contributed by atoms with Gasteiger partial charge in [0.05, 0.1) is 33.4 Å². The van der Waals surface area contributed by atoms with Crippen LogP contribution >= 0.6 is 0 Å². The fourth-order valence-corrected chi connectivity index (χ4v) is 15.2. The molecule has 0 spiro atoms. The topological polar surface area (TPSA) is 51.8 Å². The molecule has 11 aromatic carbocycles. The van der Waals surface area contributed by atoms with Crippen molar-refractivity contribution in [2.75, 3.05) is 4.90 Å². The van der Waals surface area contributed by atoms with Gasteiger partial charge in [-0.25, -0.2) is 0 Å². The molecule has 0 radical (unpaired) electrons. The van der Waals surface area contributed by atoms with Gasteiger partial charge in [-0.05, 0) is 205 Å². The van der Waals surface area contributed by atoms with Crippen molar-refractivity contribution in [2.45, 2.75) is 143 Å². The summed E-state index contributed by atoms with van der Waals surface area (Å²) in [4.78, 5) is 20.1. The van der Waals surface area contributed by atoms with Crippen molar-refractivity contribution in [1.82, 2.24) is 24.1 Å². The normalized spacial score (nSPS) is 14.9. The number of aromatic nitrogens is 5. The molecule has 0 unspecified atom stereocenters. The van der Waals surface area contributed by atoms with E-state index in [1.54, 1.807) is 0 Å². The van der Waals surface area contributed by atoms with Crippen LogP contribution in [0, 0.1) is 0 Å². The maximum absolute atomic E-state index is 5.95. The van der Waals surface area contributed by atoms with E-state index in [2.05, 4.69) is 307 Å². The van der Waals surface area contributed by atoms with E-state index in [1.165, 1.54) is 115 Å². The van der Waals surface area contributed by atoms with Crippen LogP contribution < -0.4 is 4.90 Å². The van der Waals surface area contributed by atoms with Crippen molar-refractivity contribution in [1.29, 1.82) is 0 Å². The first kappa shape index (κ1) is 55.2. The summed E-state index contributed by atoms with van der Waals surface area (Å²) < 4.78 is 4.64. The minimum absolute atomic E-state index is 0.0761. The molecule has 4 heterocycles. The number of hydrogen-bond donors (Lipinski definition) is 0. The molecule has 0 saturated carbocycles. The van der Waals surface area contributed by atoms with E-state index in [9.17, 15) is 0 Å². The molecule has 2 aliphatic rings. The van der Waals surface area contributed by atoms with Crippen LogP contribution in [0.25, 0.3) is 110 Å². The standard InChI is InChI=1S/C83H78N6/c1-78(2,3)49-29-33-69-61(39-49)62-40-50(79(4,5)6)30-34-70(62)87(69)75-84-76(88-71-35-31-51(80(7,8)9)41-63(71)64-42-52(81(10,11)12)32-36-72(64)88)86-77(85-75)89-73-38-48-24-18-17-23-47(48)37-67(73)83(15,16)68-45-60-59-43-57-55-27-21-19-25-53(55)54-26-20-22-28-56(54)58(57)44-65(59)82(13,14)66(60)46-74(68)89/h17-46H,1-16H3. The average molecular weight is 1160 g/mol. The summed E-state index contributed by atoms with van der Waals surface area (Å²) in [5, 5.41) is 14.8. The highest BCUT2D eigenvalue weighted by atomic mass is 15.4. The molecule has 3 aromatic heterocycles. The van der Waals surface area contributed by atoms with Gasteiger partial charge in [-0.3, -0.25) is 14.0 Å². The van der Waals surface area contributed by atoms with Crippen molar-refractivity contribution >= 4 is 104 Å². The lowest BCUT2D eigenvalue weighted by molar-refractivity contribution is 0.590. The zero-order valence-electron chi connectivity index (χ0n) is 54.5. The van der Waals surface area contributed by atoms with Crippen LogP contribution in [0.15, 0.2) is 182 Å². The minimum Gasteiger partial charge on any atom is -0.278 e. The van der Waals surface area contributed by atoms with Crippen molar-refractivity contribution in [3.8, 4) is 23.0 Å². The van der Waals surface area contributed by atoms with E-state index < -0.39 is 5.41 Å². The highest BCUT2D eigenvalue weighted by molar-refractivity contribution is 6.26. The van der Waals surface area contributed by atoms with Crippen molar-refractivity contribution in [3.63, 3.8) is 0 Å². The van der Waals surface area contributed by atoms with Crippen molar-refractivity contribution in [2.24, 2.45) is 0 Å². The molecular weight excluding hydrogens is 1080 g/mol. The molecule has 89 heavy (non-hydrogen) atoms. The van der Waals surface area contributed by atoms with E-state index >= 15 is 0 Å². The molecule has 0 atom stereocenters. The second-order valence-corrected chi connectivity index (χ2v) is 31.1. The van der Waals surface area contributed by atoms with Gasteiger partial charge >= 0.3 is 0 Å². The van der Waals surface area contributed by atoms with Crippen molar-refractivity contribution < 1.29 is 0 Å². The third-order valence-corrected chi connectivity index (χ3v) is 20.5. The molecule has 440 valence electrons. The van der Waals surface area contributed by atoms with E-state index in [-0.39, 0.29) is 27.1 Å². The summed E-state index contributed by atoms with van der Waals surface area (Å²) in [5.41, 5.74) is 17.9. The van der Waals surface area contributed by atoms with Gasteiger partial charge in [-0.1, -0.05) is 208 Å². The molecule has 0 fully saturated rings. The molecule has 0 N–H and O–H groups in total. The summed E-state index contributed by atoms with van der Waals surface area (Å²) >= 11 is 0. The largest absolute Gasteiger partial charge is 0.278 e. The number of anilines is 3. The van der Waals surface area contributed by atoms with Crippen LogP contribution in [-0.4, -0.2) is 24.1 Å². The molecule has 6 heteroatoms. The third-order valence-electron chi connectivity index (χ3n) is 20.5. The average Bonchev–Trinajstić information content (AvgIpc) is 1.89. The number of nitrogens with zero attached hydrogens (tertiary/aromatic N) is 6. The van der Waals surface area contributed by atoms with Crippen LogP contribution in [0.2, 0.25) is 0 Å². The van der Waals surface area contributed by atoms with Crippen LogP contribution in [-0.2, 0) is 32.5 Å². The lowest BCUT2D eigenvalue weighted by Crippen LogP contribution is -2.32. The van der Waals surface area contributed by atoms with Gasteiger partial charge in [0.2, 0.25) is 17.8 Å². The quantitative estimate of drug-likeness (QED) is 0.165. The number of hydrogen-bond acceptors (Lipinski definition) is 4. The van der Waals surface area contributed by atoms with Crippen LogP contribution in [0.4, 0.5) is 17.3 Å². The predicted octanol–water partition coefficient (Wildman–Crippen LogP) is 22.3. The predicted molar refractivity (Wildman–Crippen MR) is 378 cm³/mol.